The number of nitrogens with zero attached hydrogens (tertiary/aromatic N) is 2. The van der Waals surface area contributed by atoms with Gasteiger partial charge in [0.1, 0.15) is 11.4 Å². The van der Waals surface area contributed by atoms with E-state index in [4.69, 9.17) is 10.00 Å². The number of hydrogen-bond donors (Lipinski definition) is 1. The van der Waals surface area contributed by atoms with Crippen LogP contribution in [0.3, 0.4) is 0 Å². The van der Waals surface area contributed by atoms with Crippen LogP contribution >= 0.6 is 0 Å². The molecule has 28 heavy (non-hydrogen) atoms. The van der Waals surface area contributed by atoms with Crippen molar-refractivity contribution < 1.29 is 13.2 Å². The van der Waals surface area contributed by atoms with Crippen molar-refractivity contribution in [3.8, 4) is 11.8 Å². The van der Waals surface area contributed by atoms with Gasteiger partial charge < -0.3 is 9.64 Å². The second-order valence-electron chi connectivity index (χ2n) is 7.64. The average Bonchev–Trinajstić information content (AvgIpc) is 2.70. The maximum Gasteiger partial charge on any atom is 0.241 e. The molecule has 146 valence electrons. The Morgan fingerprint density at radius 3 is 2.50 bits per heavy atom. The van der Waals surface area contributed by atoms with Crippen molar-refractivity contribution in [3.05, 3.63) is 59.7 Å². The number of nitriles is 1. The lowest BCUT2D eigenvalue weighted by Crippen LogP contribution is -2.51. The Labute approximate surface area is 165 Å². The minimum atomic E-state index is -3.72. The maximum atomic E-state index is 13.0. The predicted molar refractivity (Wildman–Crippen MR) is 105 cm³/mol. The molecule has 4 rings (SSSR count). The van der Waals surface area contributed by atoms with E-state index in [1.54, 1.807) is 0 Å². The van der Waals surface area contributed by atoms with E-state index >= 15 is 0 Å². The first-order valence-electron chi connectivity index (χ1n) is 9.40. The van der Waals surface area contributed by atoms with Crippen LogP contribution in [0.2, 0.25) is 0 Å². The van der Waals surface area contributed by atoms with Gasteiger partial charge in [-0.25, -0.2) is 13.1 Å². The number of benzene rings is 2. The number of para-hydroxylation sites is 1. The van der Waals surface area contributed by atoms with Gasteiger partial charge in [0.2, 0.25) is 10.0 Å². The van der Waals surface area contributed by atoms with Crippen molar-refractivity contribution in [2.45, 2.75) is 35.8 Å². The number of ether oxygens (including phenoxy) is 1. The van der Waals surface area contributed by atoms with Crippen molar-refractivity contribution >= 4 is 10.0 Å². The van der Waals surface area contributed by atoms with Crippen molar-refractivity contribution in [2.24, 2.45) is 0 Å². The van der Waals surface area contributed by atoms with Gasteiger partial charge in [-0.1, -0.05) is 18.2 Å². The Balaban J connectivity index is 1.64. The van der Waals surface area contributed by atoms with Crippen LogP contribution in [0.15, 0.2) is 53.4 Å². The third-order valence-electron chi connectivity index (χ3n) is 5.69. The fourth-order valence-electron chi connectivity index (χ4n) is 4.02. The molecule has 0 bridgehead atoms. The third-order valence-corrected chi connectivity index (χ3v) is 7.17. The summed E-state index contributed by atoms with van der Waals surface area (Å²) in [6.07, 6.45) is 2.34. The van der Waals surface area contributed by atoms with E-state index in [0.29, 0.717) is 12.0 Å². The number of hydrogen-bond acceptors (Lipinski definition) is 5. The first-order chi connectivity index (χ1) is 13.4. The minimum Gasteiger partial charge on any atom is -0.487 e. The Kier molecular flexibility index (Phi) is 4.88. The number of nitrogens with one attached hydrogen (secondary N) is 1. The van der Waals surface area contributed by atoms with E-state index in [2.05, 4.69) is 16.7 Å². The molecule has 1 spiro atoms. The van der Waals surface area contributed by atoms with E-state index in [0.717, 1.165) is 37.2 Å². The van der Waals surface area contributed by atoms with Crippen LogP contribution in [0.25, 0.3) is 0 Å². The van der Waals surface area contributed by atoms with Crippen LogP contribution in [-0.2, 0) is 10.0 Å². The van der Waals surface area contributed by atoms with Crippen molar-refractivity contribution in [3.63, 3.8) is 0 Å². The van der Waals surface area contributed by atoms with Crippen LogP contribution < -0.4 is 9.46 Å². The Morgan fingerprint density at radius 1 is 1.14 bits per heavy atom. The molecule has 2 aliphatic rings. The summed E-state index contributed by atoms with van der Waals surface area (Å²) in [5, 5.41) is 8.93. The molecule has 2 aromatic carbocycles. The largest absolute Gasteiger partial charge is 0.487 e. The topological polar surface area (TPSA) is 82.4 Å². The predicted octanol–water partition coefficient (Wildman–Crippen LogP) is 2.82. The number of fused-ring (bicyclic) bond motifs is 1. The van der Waals surface area contributed by atoms with Crippen molar-refractivity contribution in [1.29, 1.82) is 5.26 Å². The van der Waals surface area contributed by atoms with Gasteiger partial charge in [-0.3, -0.25) is 0 Å². The third kappa shape index (κ3) is 3.63. The summed E-state index contributed by atoms with van der Waals surface area (Å²) in [5.41, 5.74) is 0.948. The van der Waals surface area contributed by atoms with Crippen LogP contribution in [0.4, 0.5) is 0 Å². The van der Waals surface area contributed by atoms with Crippen LogP contribution in [0.1, 0.15) is 36.4 Å². The number of sulfonamides is 1. The Morgan fingerprint density at radius 2 is 1.82 bits per heavy atom. The van der Waals surface area contributed by atoms with Crippen LogP contribution in [0.5, 0.6) is 5.75 Å². The zero-order valence-electron chi connectivity index (χ0n) is 15.8. The highest BCUT2D eigenvalue weighted by molar-refractivity contribution is 7.89. The highest BCUT2D eigenvalue weighted by Gasteiger charge is 2.43. The van der Waals surface area contributed by atoms with Crippen LogP contribution in [0, 0.1) is 11.3 Å². The van der Waals surface area contributed by atoms with Gasteiger partial charge in [-0.2, -0.15) is 5.26 Å². The van der Waals surface area contributed by atoms with Gasteiger partial charge >= 0.3 is 0 Å². The fraction of sp³-hybridized carbons (Fsp3) is 0.381. The fourth-order valence-corrected chi connectivity index (χ4v) is 5.23. The second-order valence-corrected chi connectivity index (χ2v) is 9.35. The maximum absolute atomic E-state index is 13.0. The van der Waals surface area contributed by atoms with Crippen molar-refractivity contribution in [2.75, 3.05) is 20.1 Å². The molecule has 2 heterocycles. The summed E-state index contributed by atoms with van der Waals surface area (Å²) < 4.78 is 35.3. The zero-order chi connectivity index (χ0) is 19.8. The molecular weight excluding hydrogens is 374 g/mol. The van der Waals surface area contributed by atoms with Gasteiger partial charge in [0, 0.05) is 25.1 Å². The molecule has 7 heteroatoms. The number of likely N-dealkylation sites (tertiary alicyclic amines) is 1. The normalized spacial score (nSPS) is 21.5. The van der Waals surface area contributed by atoms with E-state index < -0.39 is 10.0 Å². The molecule has 1 fully saturated rings. The van der Waals surface area contributed by atoms with E-state index in [9.17, 15) is 8.42 Å². The summed E-state index contributed by atoms with van der Waals surface area (Å²) in [4.78, 5) is 2.43. The molecule has 1 atom stereocenters. The van der Waals surface area contributed by atoms with E-state index in [-0.39, 0.29) is 16.5 Å². The Bertz CT molecular complexity index is 1000. The van der Waals surface area contributed by atoms with Gasteiger partial charge in [0.05, 0.1) is 22.6 Å². The SMILES string of the molecule is CN1CCC2(CC1)C[C@@H](NS(=O)(=O)c1ccc(C#N)cc1)c1ccccc1O2. The van der Waals surface area contributed by atoms with Crippen molar-refractivity contribution in [1.82, 2.24) is 9.62 Å². The van der Waals surface area contributed by atoms with Gasteiger partial charge in [-0.05, 0) is 50.2 Å². The molecule has 2 aromatic rings. The minimum absolute atomic E-state index is 0.160. The van der Waals surface area contributed by atoms with Gasteiger partial charge in [0.25, 0.3) is 0 Å². The highest BCUT2D eigenvalue weighted by Crippen LogP contribution is 2.44. The van der Waals surface area contributed by atoms with E-state index in [1.165, 1.54) is 24.3 Å². The monoisotopic (exact) mass is 397 g/mol. The van der Waals surface area contributed by atoms with Gasteiger partial charge in [0.15, 0.2) is 0 Å². The standard InChI is InChI=1S/C21H23N3O3S/c1-24-12-10-21(11-13-24)14-19(18-4-2-3-5-20(18)27-21)23-28(25,26)17-8-6-16(15-22)7-9-17/h2-9,19,23H,10-14H2,1H3/t19-/m1/s1. The summed E-state index contributed by atoms with van der Waals surface area (Å²) in [5.74, 6) is 0.755. The number of rotatable bonds is 3. The molecule has 0 saturated carbocycles. The summed E-state index contributed by atoms with van der Waals surface area (Å²) in [6.45, 7) is 1.86. The molecule has 0 aliphatic carbocycles. The molecule has 0 aromatic heterocycles. The lowest BCUT2D eigenvalue weighted by atomic mass is 9.81. The first-order valence-corrected chi connectivity index (χ1v) is 10.9. The lowest BCUT2D eigenvalue weighted by molar-refractivity contribution is -0.0179. The van der Waals surface area contributed by atoms with E-state index in [1.807, 2.05) is 30.3 Å². The first kappa shape index (κ1) is 18.9. The highest BCUT2D eigenvalue weighted by atomic mass is 32.2. The molecule has 0 unspecified atom stereocenters. The molecule has 0 radical (unpaired) electrons. The second kappa shape index (κ2) is 7.21. The molecule has 1 saturated heterocycles. The molecule has 6 nitrogen and oxygen atoms in total. The summed E-state index contributed by atoms with van der Waals surface area (Å²) >= 11 is 0. The van der Waals surface area contributed by atoms with Crippen LogP contribution in [-0.4, -0.2) is 39.1 Å². The zero-order valence-corrected chi connectivity index (χ0v) is 16.6. The molecule has 1 N–H and O–H groups in total. The quantitative estimate of drug-likeness (QED) is 0.861. The average molecular weight is 398 g/mol. The molecule has 0 amide bonds. The lowest BCUT2D eigenvalue weighted by Gasteiger charge is -2.46. The van der Waals surface area contributed by atoms with Gasteiger partial charge in [-0.15, -0.1) is 0 Å². The molecular formula is C21H23N3O3S. The molecule has 2 aliphatic heterocycles. The number of piperidine rings is 1. The summed E-state index contributed by atoms with van der Waals surface area (Å²) in [7, 11) is -1.63. The Hall–Kier alpha value is -2.40. The smallest absolute Gasteiger partial charge is 0.241 e. The summed E-state index contributed by atoms with van der Waals surface area (Å²) in [6, 6.07) is 15.3.